The van der Waals surface area contributed by atoms with Crippen molar-refractivity contribution in [2.75, 3.05) is 23.7 Å². The van der Waals surface area contributed by atoms with Crippen LogP contribution >= 0.6 is 23.2 Å². The maximum Gasteiger partial charge on any atom is 0.244 e. The van der Waals surface area contributed by atoms with Crippen LogP contribution in [0, 0.1) is 6.92 Å². The molecule has 1 atom stereocenters. The van der Waals surface area contributed by atoms with E-state index in [1.54, 1.807) is 13.0 Å². The Morgan fingerprint density at radius 3 is 2.38 bits per heavy atom. The first kappa shape index (κ1) is 28.0. The van der Waals surface area contributed by atoms with Gasteiger partial charge in [-0.3, -0.25) is 13.9 Å². The Morgan fingerprint density at radius 2 is 1.76 bits per heavy atom. The van der Waals surface area contributed by atoms with E-state index < -0.39 is 28.5 Å². The molecule has 0 aromatic heterocycles. The summed E-state index contributed by atoms with van der Waals surface area (Å²) in [6.07, 6.45) is 2.73. The van der Waals surface area contributed by atoms with Crippen molar-refractivity contribution in [3.63, 3.8) is 0 Å². The second-order valence-electron chi connectivity index (χ2n) is 8.11. The number of amides is 2. The molecule has 0 spiro atoms. The molecule has 2 amide bonds. The lowest BCUT2D eigenvalue weighted by atomic mass is 10.1. The number of halogens is 2. The molecule has 0 aliphatic carbocycles. The normalized spacial score (nSPS) is 12.2. The second kappa shape index (κ2) is 12.4. The number of sulfonamides is 1. The predicted molar refractivity (Wildman–Crippen MR) is 138 cm³/mol. The van der Waals surface area contributed by atoms with Crippen molar-refractivity contribution in [3.8, 4) is 0 Å². The van der Waals surface area contributed by atoms with E-state index in [9.17, 15) is 18.0 Å². The van der Waals surface area contributed by atoms with Crippen molar-refractivity contribution >= 4 is 50.7 Å². The van der Waals surface area contributed by atoms with Crippen LogP contribution in [0.25, 0.3) is 0 Å². The molecule has 2 aromatic carbocycles. The van der Waals surface area contributed by atoms with Gasteiger partial charge in [-0.25, -0.2) is 8.42 Å². The molecule has 0 bridgehead atoms. The van der Waals surface area contributed by atoms with Gasteiger partial charge in [0.05, 0.1) is 22.0 Å². The number of nitrogens with one attached hydrogen (secondary N) is 1. The third-order valence-electron chi connectivity index (χ3n) is 5.48. The quantitative estimate of drug-likeness (QED) is 0.438. The van der Waals surface area contributed by atoms with E-state index in [4.69, 9.17) is 23.2 Å². The lowest BCUT2D eigenvalue weighted by Crippen LogP contribution is -2.51. The first-order valence-electron chi connectivity index (χ1n) is 11.0. The topological polar surface area (TPSA) is 86.8 Å². The van der Waals surface area contributed by atoms with E-state index in [1.165, 1.54) is 17.0 Å². The zero-order valence-electron chi connectivity index (χ0n) is 19.8. The summed E-state index contributed by atoms with van der Waals surface area (Å²) in [4.78, 5) is 27.7. The maximum absolute atomic E-state index is 13.5. The highest BCUT2D eigenvalue weighted by molar-refractivity contribution is 7.92. The Hall–Kier alpha value is -2.29. The molecular formula is C24H31Cl2N3O4S. The number of carbonyl (C=O) groups excluding carboxylic acids is 2. The predicted octanol–water partition coefficient (Wildman–Crippen LogP) is 4.40. The van der Waals surface area contributed by atoms with Crippen molar-refractivity contribution in [2.45, 2.75) is 46.2 Å². The molecular weight excluding hydrogens is 497 g/mol. The highest BCUT2D eigenvalue weighted by Crippen LogP contribution is 2.33. The molecule has 0 radical (unpaired) electrons. The number of hydrogen-bond acceptors (Lipinski definition) is 4. The third kappa shape index (κ3) is 7.35. The van der Waals surface area contributed by atoms with Crippen molar-refractivity contribution in [1.82, 2.24) is 10.2 Å². The number of anilines is 1. The van der Waals surface area contributed by atoms with E-state index in [0.717, 1.165) is 34.5 Å². The Balaban J connectivity index is 2.41. The van der Waals surface area contributed by atoms with Crippen molar-refractivity contribution in [2.24, 2.45) is 0 Å². The SMILES string of the molecule is CCCCNC(=O)C(C)N(Cc1ccccc1C)C(=O)CN(c1cccc(Cl)c1Cl)S(C)(=O)=O. The Kier molecular flexibility index (Phi) is 10.2. The van der Waals surface area contributed by atoms with Gasteiger partial charge in [0.2, 0.25) is 21.8 Å². The minimum Gasteiger partial charge on any atom is -0.354 e. The molecule has 7 nitrogen and oxygen atoms in total. The van der Waals surface area contributed by atoms with Gasteiger partial charge in [-0.1, -0.05) is 66.9 Å². The number of unbranched alkanes of at least 4 members (excludes halogenated alkanes) is 1. The monoisotopic (exact) mass is 527 g/mol. The van der Waals surface area contributed by atoms with Gasteiger partial charge in [0.25, 0.3) is 0 Å². The van der Waals surface area contributed by atoms with E-state index >= 15 is 0 Å². The average molecular weight is 529 g/mol. The summed E-state index contributed by atoms with van der Waals surface area (Å²) in [5.74, 6) is -0.843. The van der Waals surface area contributed by atoms with Crippen LogP contribution in [0.4, 0.5) is 5.69 Å². The molecule has 1 N–H and O–H groups in total. The van der Waals surface area contributed by atoms with Gasteiger partial charge in [-0.15, -0.1) is 0 Å². The standard InChI is InChI=1S/C24H31Cl2N3O4S/c1-5-6-14-27-24(31)18(3)28(15-19-11-8-7-10-17(19)2)22(30)16-29(34(4,32)33)21-13-9-12-20(25)23(21)26/h7-13,18H,5-6,14-16H2,1-4H3,(H,27,31). The summed E-state index contributed by atoms with van der Waals surface area (Å²) in [7, 11) is -3.89. The minimum absolute atomic E-state index is 0.0261. The van der Waals surface area contributed by atoms with Crippen LogP contribution in [0.15, 0.2) is 42.5 Å². The third-order valence-corrected chi connectivity index (χ3v) is 7.41. The second-order valence-corrected chi connectivity index (χ2v) is 10.8. The first-order chi connectivity index (χ1) is 16.0. The van der Waals surface area contributed by atoms with Crippen LogP contribution in [-0.4, -0.2) is 50.5 Å². The minimum atomic E-state index is -3.89. The summed E-state index contributed by atoms with van der Waals surface area (Å²) < 4.78 is 26.1. The van der Waals surface area contributed by atoms with Gasteiger partial charge >= 0.3 is 0 Å². The Labute approximate surface area is 212 Å². The van der Waals surface area contributed by atoms with Gasteiger partial charge in [-0.05, 0) is 43.5 Å². The fourth-order valence-corrected chi connectivity index (χ4v) is 4.67. The number of aryl methyl sites for hydroxylation is 1. The van der Waals surface area contributed by atoms with E-state index in [0.29, 0.717) is 6.54 Å². The lowest BCUT2D eigenvalue weighted by Gasteiger charge is -2.32. The number of hydrogen-bond donors (Lipinski definition) is 1. The van der Waals surface area contributed by atoms with E-state index in [-0.39, 0.29) is 28.2 Å². The first-order valence-corrected chi connectivity index (χ1v) is 13.6. The van der Waals surface area contributed by atoms with Gasteiger partial charge in [0.15, 0.2) is 0 Å². The molecule has 34 heavy (non-hydrogen) atoms. The van der Waals surface area contributed by atoms with Crippen molar-refractivity contribution in [3.05, 3.63) is 63.6 Å². The van der Waals surface area contributed by atoms with Crippen LogP contribution in [0.1, 0.15) is 37.8 Å². The fourth-order valence-electron chi connectivity index (χ4n) is 3.37. The molecule has 0 saturated carbocycles. The molecule has 0 fully saturated rings. The fraction of sp³-hybridized carbons (Fsp3) is 0.417. The molecule has 0 aliphatic heterocycles. The van der Waals surface area contributed by atoms with E-state index in [1.807, 2.05) is 38.1 Å². The van der Waals surface area contributed by atoms with Gasteiger partial charge in [0, 0.05) is 13.1 Å². The zero-order chi connectivity index (χ0) is 25.5. The number of benzene rings is 2. The molecule has 2 aromatic rings. The summed E-state index contributed by atoms with van der Waals surface area (Å²) in [6, 6.07) is 11.3. The summed E-state index contributed by atoms with van der Waals surface area (Å²) >= 11 is 12.3. The molecule has 10 heteroatoms. The van der Waals surface area contributed by atoms with Gasteiger partial charge < -0.3 is 10.2 Å². The Morgan fingerprint density at radius 1 is 1.09 bits per heavy atom. The van der Waals surface area contributed by atoms with Crippen LogP contribution < -0.4 is 9.62 Å². The maximum atomic E-state index is 13.5. The molecule has 186 valence electrons. The Bertz CT molecular complexity index is 1120. The average Bonchev–Trinajstić information content (AvgIpc) is 2.77. The lowest BCUT2D eigenvalue weighted by molar-refractivity contribution is -0.139. The number of rotatable bonds is 11. The molecule has 0 heterocycles. The van der Waals surface area contributed by atoms with Crippen LogP contribution in [0.3, 0.4) is 0 Å². The van der Waals surface area contributed by atoms with Crippen LogP contribution in [0.2, 0.25) is 10.0 Å². The van der Waals surface area contributed by atoms with Gasteiger partial charge in [0.1, 0.15) is 12.6 Å². The molecule has 0 saturated heterocycles. The summed E-state index contributed by atoms with van der Waals surface area (Å²) in [5.41, 5.74) is 1.91. The smallest absolute Gasteiger partial charge is 0.244 e. The van der Waals surface area contributed by atoms with Gasteiger partial charge in [-0.2, -0.15) is 0 Å². The highest BCUT2D eigenvalue weighted by Gasteiger charge is 2.31. The number of carbonyl (C=O) groups is 2. The van der Waals surface area contributed by atoms with Crippen LogP contribution in [-0.2, 0) is 26.2 Å². The van der Waals surface area contributed by atoms with Crippen LogP contribution in [0.5, 0.6) is 0 Å². The number of nitrogens with zero attached hydrogens (tertiary/aromatic N) is 2. The zero-order valence-corrected chi connectivity index (χ0v) is 22.2. The molecule has 0 aliphatic rings. The molecule has 1 unspecified atom stereocenters. The summed E-state index contributed by atoms with van der Waals surface area (Å²) in [5, 5.41) is 3.04. The molecule has 2 rings (SSSR count). The van der Waals surface area contributed by atoms with Crippen molar-refractivity contribution in [1.29, 1.82) is 0 Å². The van der Waals surface area contributed by atoms with Crippen molar-refractivity contribution < 1.29 is 18.0 Å². The summed E-state index contributed by atoms with van der Waals surface area (Å²) in [6.45, 7) is 5.68. The largest absolute Gasteiger partial charge is 0.354 e. The van der Waals surface area contributed by atoms with E-state index in [2.05, 4.69) is 5.32 Å². The highest BCUT2D eigenvalue weighted by atomic mass is 35.5.